The Hall–Kier alpha value is -2.80. The standard InChI is InChI=1S/C26H30N4O5S3/c1-3-35-24(32)19-11-13-30(14-12-19)38(33,34)22-10-6-9-20(15-22)23(31)16-27-25-28-29-26(37-25)36-17-21-8-5-4-7-18(21)2/h4-10,15,19H,3,11-14,16-17H2,1-2H3,(H,27,28). The van der Waals surface area contributed by atoms with Crippen molar-refractivity contribution in [2.24, 2.45) is 5.92 Å². The van der Waals surface area contributed by atoms with E-state index >= 15 is 0 Å². The number of piperidine rings is 1. The first-order valence-corrected chi connectivity index (χ1v) is 15.6. The van der Waals surface area contributed by atoms with Crippen LogP contribution in [0, 0.1) is 12.8 Å². The molecule has 2 aromatic carbocycles. The minimum atomic E-state index is -3.79. The van der Waals surface area contributed by atoms with Crippen LogP contribution in [0.4, 0.5) is 5.13 Å². The molecule has 0 atom stereocenters. The Labute approximate surface area is 231 Å². The Kier molecular flexibility index (Phi) is 9.53. The van der Waals surface area contributed by atoms with Crippen LogP contribution in [0.25, 0.3) is 0 Å². The summed E-state index contributed by atoms with van der Waals surface area (Å²) in [6.07, 6.45) is 0.821. The second kappa shape index (κ2) is 12.8. The fourth-order valence-corrected chi connectivity index (χ4v) is 7.42. The molecule has 1 saturated heterocycles. The number of sulfonamides is 1. The van der Waals surface area contributed by atoms with E-state index < -0.39 is 10.0 Å². The summed E-state index contributed by atoms with van der Waals surface area (Å²) in [7, 11) is -3.79. The first-order valence-electron chi connectivity index (χ1n) is 12.3. The number of thioether (sulfide) groups is 1. The van der Waals surface area contributed by atoms with Crippen LogP contribution >= 0.6 is 23.1 Å². The maximum Gasteiger partial charge on any atom is 0.309 e. The van der Waals surface area contributed by atoms with Crippen LogP contribution in [0.3, 0.4) is 0 Å². The molecule has 4 rings (SSSR count). The molecular weight excluding hydrogens is 545 g/mol. The van der Waals surface area contributed by atoms with E-state index in [0.717, 1.165) is 10.1 Å². The third kappa shape index (κ3) is 6.99. The van der Waals surface area contributed by atoms with Gasteiger partial charge >= 0.3 is 5.97 Å². The number of esters is 1. The maximum absolute atomic E-state index is 13.2. The number of carbonyl (C=O) groups is 2. The Bertz CT molecular complexity index is 1380. The number of hydrogen-bond acceptors (Lipinski definition) is 10. The SMILES string of the molecule is CCOC(=O)C1CCN(S(=O)(=O)c2cccc(C(=O)CNc3nnc(SCc4ccccc4C)s3)c2)CC1. The van der Waals surface area contributed by atoms with E-state index in [4.69, 9.17) is 4.74 Å². The minimum Gasteiger partial charge on any atom is -0.466 e. The van der Waals surface area contributed by atoms with Crippen molar-refractivity contribution >= 4 is 50.0 Å². The summed E-state index contributed by atoms with van der Waals surface area (Å²) in [5, 5.41) is 11.8. The molecule has 0 saturated carbocycles. The lowest BCUT2D eigenvalue weighted by Crippen LogP contribution is -2.40. The first kappa shape index (κ1) is 28.2. The Morgan fingerprint density at radius 1 is 1.13 bits per heavy atom. The highest BCUT2D eigenvalue weighted by atomic mass is 32.2. The van der Waals surface area contributed by atoms with Crippen molar-refractivity contribution in [3.8, 4) is 0 Å². The quantitative estimate of drug-likeness (QED) is 0.202. The highest BCUT2D eigenvalue weighted by molar-refractivity contribution is 8.00. The van der Waals surface area contributed by atoms with Crippen molar-refractivity contribution in [2.45, 2.75) is 41.7 Å². The molecule has 3 aromatic rings. The number of aromatic nitrogens is 2. The van der Waals surface area contributed by atoms with Crippen molar-refractivity contribution in [1.82, 2.24) is 14.5 Å². The van der Waals surface area contributed by atoms with Gasteiger partial charge in [-0.1, -0.05) is 59.5 Å². The fourth-order valence-electron chi connectivity index (χ4n) is 4.08. The van der Waals surface area contributed by atoms with Crippen molar-refractivity contribution in [2.75, 3.05) is 31.6 Å². The van der Waals surface area contributed by atoms with Crippen molar-refractivity contribution in [3.63, 3.8) is 0 Å². The van der Waals surface area contributed by atoms with E-state index in [0.29, 0.717) is 30.1 Å². The predicted octanol–water partition coefficient (Wildman–Crippen LogP) is 4.40. The minimum absolute atomic E-state index is 0.0362. The smallest absolute Gasteiger partial charge is 0.309 e. The lowest BCUT2D eigenvalue weighted by molar-refractivity contribution is -0.149. The van der Waals surface area contributed by atoms with Crippen molar-refractivity contribution < 1.29 is 22.7 Å². The number of carbonyl (C=O) groups excluding carboxylic acids is 2. The molecule has 1 aliphatic rings. The van der Waals surface area contributed by atoms with Crippen LogP contribution in [0.2, 0.25) is 0 Å². The summed E-state index contributed by atoms with van der Waals surface area (Å²) in [5.41, 5.74) is 2.74. The molecular formula is C26H30N4O5S3. The molecule has 12 heteroatoms. The van der Waals surface area contributed by atoms with Gasteiger partial charge in [-0.3, -0.25) is 9.59 Å². The van der Waals surface area contributed by atoms with Gasteiger partial charge in [-0.2, -0.15) is 4.31 Å². The Morgan fingerprint density at radius 3 is 2.63 bits per heavy atom. The van der Waals surface area contributed by atoms with E-state index in [1.54, 1.807) is 30.8 Å². The van der Waals surface area contributed by atoms with E-state index in [-0.39, 0.29) is 42.2 Å². The Balaban J connectivity index is 1.32. The molecule has 0 spiro atoms. The summed E-state index contributed by atoms with van der Waals surface area (Å²) in [4.78, 5) is 24.9. The van der Waals surface area contributed by atoms with Crippen LogP contribution in [0.1, 0.15) is 41.3 Å². The van der Waals surface area contributed by atoms with Crippen LogP contribution in [0.15, 0.2) is 57.8 Å². The van der Waals surface area contributed by atoms with Crippen LogP contribution in [-0.4, -0.2) is 60.9 Å². The average Bonchev–Trinajstić information content (AvgIpc) is 3.39. The molecule has 2 heterocycles. The van der Waals surface area contributed by atoms with E-state index in [9.17, 15) is 18.0 Å². The molecule has 1 aliphatic heterocycles. The third-order valence-corrected chi connectivity index (χ3v) is 10.2. The van der Waals surface area contributed by atoms with Gasteiger partial charge in [0.15, 0.2) is 10.1 Å². The first-order chi connectivity index (χ1) is 18.3. The fraction of sp³-hybridized carbons (Fsp3) is 0.385. The summed E-state index contributed by atoms with van der Waals surface area (Å²) >= 11 is 2.95. The zero-order valence-electron chi connectivity index (χ0n) is 21.3. The molecule has 1 fully saturated rings. The summed E-state index contributed by atoms with van der Waals surface area (Å²) in [6, 6.07) is 14.2. The lowest BCUT2D eigenvalue weighted by Gasteiger charge is -2.30. The molecule has 0 amide bonds. The normalized spacial score (nSPS) is 14.8. The second-order valence-electron chi connectivity index (χ2n) is 8.82. The molecule has 202 valence electrons. The number of aryl methyl sites for hydroxylation is 1. The van der Waals surface area contributed by atoms with Crippen molar-refractivity contribution in [1.29, 1.82) is 0 Å². The predicted molar refractivity (Wildman–Crippen MR) is 148 cm³/mol. The van der Waals surface area contributed by atoms with E-state index in [1.165, 1.54) is 38.9 Å². The lowest BCUT2D eigenvalue weighted by atomic mass is 9.98. The zero-order chi connectivity index (χ0) is 27.1. The molecule has 0 aliphatic carbocycles. The molecule has 0 unspecified atom stereocenters. The zero-order valence-corrected chi connectivity index (χ0v) is 23.7. The van der Waals surface area contributed by atoms with Gasteiger partial charge in [0.05, 0.1) is 24.0 Å². The number of ketones is 1. The second-order valence-corrected chi connectivity index (χ2v) is 13.0. The van der Waals surface area contributed by atoms with Crippen molar-refractivity contribution in [3.05, 3.63) is 65.2 Å². The highest BCUT2D eigenvalue weighted by Gasteiger charge is 2.33. The van der Waals surface area contributed by atoms with Gasteiger partial charge in [-0.15, -0.1) is 10.2 Å². The number of rotatable bonds is 11. The molecule has 0 bridgehead atoms. The molecule has 1 N–H and O–H groups in total. The molecule has 1 aromatic heterocycles. The molecule has 9 nitrogen and oxygen atoms in total. The van der Waals surface area contributed by atoms with Gasteiger partial charge in [-0.25, -0.2) is 8.42 Å². The molecule has 0 radical (unpaired) electrons. The van der Waals surface area contributed by atoms with Gasteiger partial charge in [0.1, 0.15) is 0 Å². The van der Waals surface area contributed by atoms with Gasteiger partial charge in [0.25, 0.3) is 0 Å². The molecule has 38 heavy (non-hydrogen) atoms. The van der Waals surface area contributed by atoms with Gasteiger partial charge in [0, 0.05) is 24.4 Å². The largest absolute Gasteiger partial charge is 0.466 e. The Morgan fingerprint density at radius 2 is 1.89 bits per heavy atom. The number of hydrogen-bond donors (Lipinski definition) is 1. The number of ether oxygens (including phenoxy) is 1. The number of anilines is 1. The summed E-state index contributed by atoms with van der Waals surface area (Å²) in [6.45, 7) is 4.55. The highest BCUT2D eigenvalue weighted by Crippen LogP contribution is 2.29. The summed E-state index contributed by atoms with van der Waals surface area (Å²) < 4.78 is 33.6. The van der Waals surface area contributed by atoms with E-state index in [1.807, 2.05) is 12.1 Å². The van der Waals surface area contributed by atoms with Gasteiger partial charge in [-0.05, 0) is 49.9 Å². The monoisotopic (exact) mass is 574 g/mol. The van der Waals surface area contributed by atoms with Crippen LogP contribution in [-0.2, 0) is 25.3 Å². The average molecular weight is 575 g/mol. The van der Waals surface area contributed by atoms with Gasteiger partial charge in [0.2, 0.25) is 15.2 Å². The topological polar surface area (TPSA) is 119 Å². The maximum atomic E-state index is 13.2. The summed E-state index contributed by atoms with van der Waals surface area (Å²) in [5.74, 6) is -0.0475. The van der Waals surface area contributed by atoms with Gasteiger partial charge < -0.3 is 10.1 Å². The van der Waals surface area contributed by atoms with E-state index in [2.05, 4.69) is 34.6 Å². The van der Waals surface area contributed by atoms with Crippen LogP contribution < -0.4 is 5.32 Å². The third-order valence-electron chi connectivity index (χ3n) is 6.29. The van der Waals surface area contributed by atoms with Crippen LogP contribution in [0.5, 0.6) is 0 Å². The number of nitrogens with zero attached hydrogens (tertiary/aromatic N) is 3. The number of nitrogens with one attached hydrogen (secondary N) is 1. The number of benzene rings is 2. The number of Topliss-reactive ketones (excluding diaryl/α,β-unsaturated/α-hetero) is 1.